The minimum absolute atomic E-state index is 0.0584. The van der Waals surface area contributed by atoms with Crippen LogP contribution in [0.1, 0.15) is 45.7 Å². The van der Waals surface area contributed by atoms with E-state index in [-0.39, 0.29) is 17.6 Å². The minimum atomic E-state index is -0.286. The minimum Gasteiger partial charge on any atom is -0.508 e. The SMILES string of the molecule is CC(c1cc(F)ccc1O)N1CCC(C(C)(C)C)C1. The van der Waals surface area contributed by atoms with Crippen molar-refractivity contribution in [2.24, 2.45) is 11.3 Å². The molecule has 0 amide bonds. The Labute approximate surface area is 115 Å². The van der Waals surface area contributed by atoms with Gasteiger partial charge in [0.2, 0.25) is 0 Å². The molecule has 19 heavy (non-hydrogen) atoms. The Bertz CT molecular complexity index is 453. The van der Waals surface area contributed by atoms with Crippen LogP contribution in [-0.4, -0.2) is 23.1 Å². The highest BCUT2D eigenvalue weighted by molar-refractivity contribution is 5.35. The van der Waals surface area contributed by atoms with Gasteiger partial charge in [-0.15, -0.1) is 0 Å². The number of benzene rings is 1. The highest BCUT2D eigenvalue weighted by atomic mass is 19.1. The van der Waals surface area contributed by atoms with Gasteiger partial charge >= 0.3 is 0 Å². The fourth-order valence-corrected chi connectivity index (χ4v) is 2.90. The second-order valence-electron chi connectivity index (χ2n) is 6.73. The fraction of sp³-hybridized carbons (Fsp3) is 0.625. The summed E-state index contributed by atoms with van der Waals surface area (Å²) in [6, 6.07) is 4.25. The Kier molecular flexibility index (Phi) is 3.86. The number of nitrogens with zero attached hydrogens (tertiary/aromatic N) is 1. The molecule has 3 heteroatoms. The van der Waals surface area contributed by atoms with E-state index in [1.54, 1.807) is 0 Å². The molecule has 0 radical (unpaired) electrons. The van der Waals surface area contributed by atoms with Gasteiger partial charge in [-0.25, -0.2) is 4.39 Å². The largest absolute Gasteiger partial charge is 0.508 e. The first-order chi connectivity index (χ1) is 8.79. The summed E-state index contributed by atoms with van der Waals surface area (Å²) in [6.07, 6.45) is 1.17. The third kappa shape index (κ3) is 3.08. The van der Waals surface area contributed by atoms with E-state index in [2.05, 4.69) is 25.7 Å². The molecule has 1 aliphatic rings. The molecule has 2 rings (SSSR count). The van der Waals surface area contributed by atoms with E-state index in [1.807, 2.05) is 6.92 Å². The first-order valence-electron chi connectivity index (χ1n) is 7.01. The molecule has 0 bridgehead atoms. The summed E-state index contributed by atoms with van der Waals surface area (Å²) >= 11 is 0. The summed E-state index contributed by atoms with van der Waals surface area (Å²) in [7, 11) is 0. The van der Waals surface area contributed by atoms with Gasteiger partial charge in [-0.05, 0) is 49.4 Å². The van der Waals surface area contributed by atoms with Gasteiger partial charge in [-0.1, -0.05) is 20.8 Å². The quantitative estimate of drug-likeness (QED) is 0.875. The number of rotatable bonds is 2. The van der Waals surface area contributed by atoms with Crippen molar-refractivity contribution in [3.05, 3.63) is 29.6 Å². The number of hydrogen-bond acceptors (Lipinski definition) is 2. The van der Waals surface area contributed by atoms with Crippen molar-refractivity contribution in [1.29, 1.82) is 0 Å². The zero-order valence-electron chi connectivity index (χ0n) is 12.3. The predicted octanol–water partition coefficient (Wildman–Crippen LogP) is 3.96. The first-order valence-corrected chi connectivity index (χ1v) is 7.01. The van der Waals surface area contributed by atoms with Crippen molar-refractivity contribution in [2.75, 3.05) is 13.1 Å². The maximum Gasteiger partial charge on any atom is 0.123 e. The summed E-state index contributed by atoms with van der Waals surface area (Å²) in [4.78, 5) is 2.34. The summed E-state index contributed by atoms with van der Waals surface area (Å²) in [5.74, 6) is 0.560. The molecule has 0 spiro atoms. The smallest absolute Gasteiger partial charge is 0.123 e. The summed E-state index contributed by atoms with van der Waals surface area (Å²) < 4.78 is 13.3. The van der Waals surface area contributed by atoms with Crippen LogP contribution in [0.2, 0.25) is 0 Å². The topological polar surface area (TPSA) is 23.5 Å². The van der Waals surface area contributed by atoms with Crippen LogP contribution in [0.3, 0.4) is 0 Å². The third-order valence-electron chi connectivity index (χ3n) is 4.43. The molecule has 1 saturated heterocycles. The van der Waals surface area contributed by atoms with Gasteiger partial charge in [-0.3, -0.25) is 4.90 Å². The van der Waals surface area contributed by atoms with E-state index in [9.17, 15) is 9.50 Å². The summed E-state index contributed by atoms with van der Waals surface area (Å²) in [5.41, 5.74) is 0.993. The molecule has 2 nitrogen and oxygen atoms in total. The molecule has 1 fully saturated rings. The molecule has 106 valence electrons. The Morgan fingerprint density at radius 1 is 1.37 bits per heavy atom. The first kappa shape index (κ1) is 14.3. The number of phenols is 1. The van der Waals surface area contributed by atoms with Crippen LogP contribution >= 0.6 is 0 Å². The standard InChI is InChI=1S/C16H24FNO/c1-11(14-9-13(17)5-6-15(14)19)18-8-7-12(10-18)16(2,3)4/h5-6,9,11-12,19H,7-8,10H2,1-4H3. The molecule has 0 aromatic heterocycles. The lowest BCUT2D eigenvalue weighted by Crippen LogP contribution is -2.28. The summed E-state index contributed by atoms with van der Waals surface area (Å²) in [6.45, 7) is 10.9. The lowest BCUT2D eigenvalue weighted by molar-refractivity contribution is 0.201. The second kappa shape index (κ2) is 5.12. The average Bonchev–Trinajstić information content (AvgIpc) is 2.80. The average molecular weight is 265 g/mol. The van der Waals surface area contributed by atoms with Crippen molar-refractivity contribution in [3.63, 3.8) is 0 Å². The maximum atomic E-state index is 13.3. The van der Waals surface area contributed by atoms with Crippen LogP contribution in [0.25, 0.3) is 0 Å². The number of likely N-dealkylation sites (tertiary alicyclic amines) is 1. The molecule has 2 unspecified atom stereocenters. The van der Waals surface area contributed by atoms with Gasteiger partial charge in [0.05, 0.1) is 0 Å². The van der Waals surface area contributed by atoms with E-state index < -0.39 is 0 Å². The van der Waals surface area contributed by atoms with Crippen molar-refractivity contribution >= 4 is 0 Å². The van der Waals surface area contributed by atoms with Crippen LogP contribution in [0.5, 0.6) is 5.75 Å². The van der Waals surface area contributed by atoms with Crippen LogP contribution in [0.15, 0.2) is 18.2 Å². The van der Waals surface area contributed by atoms with E-state index in [0.29, 0.717) is 16.9 Å². The lowest BCUT2D eigenvalue weighted by atomic mass is 9.80. The molecule has 2 atom stereocenters. The fourth-order valence-electron chi connectivity index (χ4n) is 2.90. The van der Waals surface area contributed by atoms with Crippen LogP contribution in [-0.2, 0) is 0 Å². The molecule has 1 aromatic carbocycles. The molecule has 0 aliphatic carbocycles. The molecule has 1 aromatic rings. The number of halogens is 1. The number of aromatic hydroxyl groups is 1. The molecule has 1 aliphatic heterocycles. The Balaban J connectivity index is 2.13. The van der Waals surface area contributed by atoms with Crippen LogP contribution in [0, 0.1) is 17.2 Å². The van der Waals surface area contributed by atoms with Gasteiger partial charge in [0.25, 0.3) is 0 Å². The molecular formula is C16H24FNO. The van der Waals surface area contributed by atoms with Crippen molar-refractivity contribution < 1.29 is 9.50 Å². The third-order valence-corrected chi connectivity index (χ3v) is 4.43. The van der Waals surface area contributed by atoms with E-state index in [0.717, 1.165) is 13.1 Å². The second-order valence-corrected chi connectivity index (χ2v) is 6.73. The molecule has 0 saturated carbocycles. The zero-order chi connectivity index (χ0) is 14.2. The van der Waals surface area contributed by atoms with E-state index in [4.69, 9.17) is 0 Å². The van der Waals surface area contributed by atoms with Gasteiger partial charge in [0.1, 0.15) is 11.6 Å². The van der Waals surface area contributed by atoms with E-state index in [1.165, 1.54) is 24.6 Å². The van der Waals surface area contributed by atoms with Gasteiger partial charge in [-0.2, -0.15) is 0 Å². The van der Waals surface area contributed by atoms with Gasteiger partial charge < -0.3 is 5.11 Å². The molecule has 1 N–H and O–H groups in total. The molecule has 1 heterocycles. The van der Waals surface area contributed by atoms with Crippen LogP contribution < -0.4 is 0 Å². The molecular weight excluding hydrogens is 241 g/mol. The summed E-state index contributed by atoms with van der Waals surface area (Å²) in [5, 5.41) is 9.90. The zero-order valence-corrected chi connectivity index (χ0v) is 12.3. The monoisotopic (exact) mass is 265 g/mol. The Hall–Kier alpha value is -1.09. The van der Waals surface area contributed by atoms with Crippen molar-refractivity contribution in [3.8, 4) is 5.75 Å². The van der Waals surface area contributed by atoms with Crippen LogP contribution in [0.4, 0.5) is 4.39 Å². The number of phenolic OH excluding ortho intramolecular Hbond substituents is 1. The van der Waals surface area contributed by atoms with Gasteiger partial charge in [0, 0.05) is 18.2 Å². The lowest BCUT2D eigenvalue weighted by Gasteiger charge is -2.29. The predicted molar refractivity (Wildman–Crippen MR) is 75.6 cm³/mol. The van der Waals surface area contributed by atoms with Crippen molar-refractivity contribution in [2.45, 2.75) is 40.2 Å². The Morgan fingerprint density at radius 2 is 2.05 bits per heavy atom. The van der Waals surface area contributed by atoms with Crippen molar-refractivity contribution in [1.82, 2.24) is 4.90 Å². The highest BCUT2D eigenvalue weighted by Gasteiger charge is 2.34. The van der Waals surface area contributed by atoms with Gasteiger partial charge in [0.15, 0.2) is 0 Å². The highest BCUT2D eigenvalue weighted by Crippen LogP contribution is 2.38. The Morgan fingerprint density at radius 3 is 2.63 bits per heavy atom. The van der Waals surface area contributed by atoms with E-state index >= 15 is 0 Å². The number of hydrogen-bond donors (Lipinski definition) is 1. The normalized spacial score (nSPS) is 22.7. The maximum absolute atomic E-state index is 13.3.